The van der Waals surface area contributed by atoms with Crippen LogP contribution in [0.3, 0.4) is 0 Å². The van der Waals surface area contributed by atoms with Gasteiger partial charge in [0.2, 0.25) is 11.1 Å². The molecule has 3 aromatic rings. The number of hydrogen-bond acceptors (Lipinski definition) is 5. The molecule has 1 amide bonds. The molecule has 0 atom stereocenters. The number of nitrogens with zero attached hydrogens (tertiary/aromatic N) is 3. The van der Waals surface area contributed by atoms with Gasteiger partial charge < -0.3 is 11.2 Å². The first-order valence-corrected chi connectivity index (χ1v) is 8.93. The van der Waals surface area contributed by atoms with Crippen LogP contribution in [0.2, 0.25) is 0 Å². The van der Waals surface area contributed by atoms with Crippen molar-refractivity contribution in [1.29, 1.82) is 0 Å². The number of aryl methyl sites for hydroxylation is 1. The lowest BCUT2D eigenvalue weighted by Crippen LogP contribution is -2.25. The van der Waals surface area contributed by atoms with E-state index in [2.05, 4.69) is 15.5 Å². The van der Waals surface area contributed by atoms with Crippen molar-refractivity contribution in [3.63, 3.8) is 0 Å². The van der Waals surface area contributed by atoms with Gasteiger partial charge in [-0.05, 0) is 13.0 Å². The molecule has 0 aliphatic heterocycles. The number of amides is 1. The van der Waals surface area contributed by atoms with Gasteiger partial charge in [0.1, 0.15) is 5.82 Å². The Morgan fingerprint density at radius 2 is 1.92 bits per heavy atom. The second-order valence-electron chi connectivity index (χ2n) is 5.70. The van der Waals surface area contributed by atoms with Gasteiger partial charge in [0.25, 0.3) is 0 Å². The number of hydrogen-bond donors (Lipinski definition) is 2. The Morgan fingerprint density at radius 3 is 2.65 bits per heavy atom. The van der Waals surface area contributed by atoms with Crippen molar-refractivity contribution in [3.8, 4) is 11.4 Å². The molecule has 2 aromatic carbocycles. The molecule has 0 saturated carbocycles. The highest BCUT2D eigenvalue weighted by Crippen LogP contribution is 2.21. The number of benzene rings is 2. The third-order valence-electron chi connectivity index (χ3n) is 3.74. The van der Waals surface area contributed by atoms with Crippen LogP contribution in [0.15, 0.2) is 53.7 Å². The summed E-state index contributed by atoms with van der Waals surface area (Å²) in [6.07, 6.45) is 0. The number of carbonyl (C=O) groups excluding carboxylic acids is 1. The van der Waals surface area contributed by atoms with Crippen LogP contribution >= 0.6 is 11.8 Å². The highest BCUT2D eigenvalue weighted by Gasteiger charge is 2.14. The van der Waals surface area contributed by atoms with Gasteiger partial charge in [-0.3, -0.25) is 4.79 Å². The molecule has 0 radical (unpaired) electrons. The van der Waals surface area contributed by atoms with Crippen LogP contribution in [0.4, 0.5) is 4.39 Å². The van der Waals surface area contributed by atoms with Crippen molar-refractivity contribution in [3.05, 3.63) is 65.5 Å². The molecular formula is C18H18FN5OS. The molecule has 1 heterocycles. The van der Waals surface area contributed by atoms with Crippen molar-refractivity contribution >= 4 is 17.7 Å². The van der Waals surface area contributed by atoms with Crippen LogP contribution in [0, 0.1) is 12.7 Å². The van der Waals surface area contributed by atoms with E-state index in [1.54, 1.807) is 18.2 Å². The Morgan fingerprint density at radius 1 is 1.19 bits per heavy atom. The van der Waals surface area contributed by atoms with Crippen LogP contribution in [-0.4, -0.2) is 26.5 Å². The minimum Gasteiger partial charge on any atom is -0.351 e. The van der Waals surface area contributed by atoms with E-state index < -0.39 is 0 Å². The maximum Gasteiger partial charge on any atom is 0.230 e. The number of rotatable bonds is 6. The molecule has 3 rings (SSSR count). The number of nitrogens with one attached hydrogen (secondary N) is 1. The fourth-order valence-corrected chi connectivity index (χ4v) is 2.98. The van der Waals surface area contributed by atoms with Gasteiger partial charge >= 0.3 is 0 Å². The Kier molecular flexibility index (Phi) is 5.52. The van der Waals surface area contributed by atoms with E-state index in [-0.39, 0.29) is 24.0 Å². The third kappa shape index (κ3) is 4.20. The van der Waals surface area contributed by atoms with Gasteiger partial charge in [0.15, 0.2) is 5.82 Å². The van der Waals surface area contributed by atoms with Crippen LogP contribution in [-0.2, 0) is 11.3 Å². The Bertz CT molecular complexity index is 910. The molecular weight excluding hydrogens is 353 g/mol. The summed E-state index contributed by atoms with van der Waals surface area (Å²) in [5.41, 5.74) is 2.42. The average molecular weight is 371 g/mol. The monoisotopic (exact) mass is 371 g/mol. The quantitative estimate of drug-likeness (QED) is 0.514. The van der Waals surface area contributed by atoms with E-state index in [1.165, 1.54) is 22.5 Å². The zero-order valence-electron chi connectivity index (χ0n) is 14.1. The van der Waals surface area contributed by atoms with E-state index in [4.69, 9.17) is 5.84 Å². The van der Waals surface area contributed by atoms with E-state index in [0.717, 1.165) is 11.1 Å². The molecule has 3 N–H and O–H groups in total. The molecule has 0 unspecified atom stereocenters. The molecule has 0 aliphatic carbocycles. The molecule has 1 aromatic heterocycles. The predicted octanol–water partition coefficient (Wildman–Crippen LogP) is 2.51. The third-order valence-corrected chi connectivity index (χ3v) is 4.68. The SMILES string of the molecule is Cc1ccc(-c2nnc(SCC(=O)NCc3ccccc3F)n2N)cc1. The fourth-order valence-electron chi connectivity index (χ4n) is 2.29. The number of aromatic nitrogens is 3. The second-order valence-corrected chi connectivity index (χ2v) is 6.64. The van der Waals surface area contributed by atoms with Gasteiger partial charge in [0, 0.05) is 17.7 Å². The van der Waals surface area contributed by atoms with Gasteiger partial charge in [-0.15, -0.1) is 10.2 Å². The summed E-state index contributed by atoms with van der Waals surface area (Å²) < 4.78 is 14.9. The van der Waals surface area contributed by atoms with E-state index >= 15 is 0 Å². The van der Waals surface area contributed by atoms with Gasteiger partial charge in [-0.2, -0.15) is 0 Å². The van der Waals surface area contributed by atoms with Gasteiger partial charge in [0.05, 0.1) is 5.75 Å². The Hall–Kier alpha value is -2.87. The molecule has 0 spiro atoms. The first-order valence-electron chi connectivity index (χ1n) is 7.95. The highest BCUT2D eigenvalue weighted by atomic mass is 32.2. The summed E-state index contributed by atoms with van der Waals surface area (Å²) in [7, 11) is 0. The average Bonchev–Trinajstić information content (AvgIpc) is 3.00. The molecule has 26 heavy (non-hydrogen) atoms. The standard InChI is InChI=1S/C18H18FN5OS/c1-12-6-8-13(9-7-12)17-22-23-18(24(17)20)26-11-16(25)21-10-14-4-2-3-5-15(14)19/h2-9H,10-11,20H2,1H3,(H,21,25). The molecule has 134 valence electrons. The van der Waals surface area contributed by atoms with E-state index in [1.807, 2.05) is 31.2 Å². The Labute approximate surface area is 154 Å². The van der Waals surface area contributed by atoms with Crippen molar-refractivity contribution < 1.29 is 9.18 Å². The van der Waals surface area contributed by atoms with Crippen LogP contribution in [0.5, 0.6) is 0 Å². The summed E-state index contributed by atoms with van der Waals surface area (Å²) in [6.45, 7) is 2.13. The topological polar surface area (TPSA) is 85.8 Å². The van der Waals surface area contributed by atoms with Crippen LogP contribution in [0.25, 0.3) is 11.4 Å². The Balaban J connectivity index is 1.57. The molecule has 8 heteroatoms. The van der Waals surface area contributed by atoms with Crippen LogP contribution in [0.1, 0.15) is 11.1 Å². The molecule has 0 aliphatic rings. The molecule has 6 nitrogen and oxygen atoms in total. The van der Waals surface area contributed by atoms with E-state index in [0.29, 0.717) is 16.5 Å². The smallest absolute Gasteiger partial charge is 0.230 e. The number of halogens is 1. The summed E-state index contributed by atoms with van der Waals surface area (Å²) in [5.74, 6) is 6.09. The lowest BCUT2D eigenvalue weighted by molar-refractivity contribution is -0.118. The van der Waals surface area contributed by atoms with Crippen molar-refractivity contribution in [2.24, 2.45) is 0 Å². The lowest BCUT2D eigenvalue weighted by Gasteiger charge is -2.06. The minimum absolute atomic E-state index is 0.109. The van der Waals surface area contributed by atoms with E-state index in [9.17, 15) is 9.18 Å². The number of thioether (sulfide) groups is 1. The minimum atomic E-state index is -0.343. The number of nitrogens with two attached hydrogens (primary N) is 1. The largest absolute Gasteiger partial charge is 0.351 e. The molecule has 0 bridgehead atoms. The normalized spacial score (nSPS) is 10.7. The summed E-state index contributed by atoms with van der Waals surface area (Å²) in [6, 6.07) is 14.1. The van der Waals surface area contributed by atoms with Gasteiger partial charge in [-0.1, -0.05) is 59.8 Å². The zero-order chi connectivity index (χ0) is 18.5. The van der Waals surface area contributed by atoms with Gasteiger partial charge in [-0.25, -0.2) is 9.07 Å². The molecule has 0 fully saturated rings. The number of carbonyl (C=O) groups is 1. The summed E-state index contributed by atoms with van der Waals surface area (Å²) >= 11 is 1.17. The lowest BCUT2D eigenvalue weighted by atomic mass is 10.1. The predicted molar refractivity (Wildman–Crippen MR) is 99.3 cm³/mol. The maximum atomic E-state index is 13.5. The second kappa shape index (κ2) is 8.01. The maximum absolute atomic E-state index is 13.5. The fraction of sp³-hybridized carbons (Fsp3) is 0.167. The highest BCUT2D eigenvalue weighted by molar-refractivity contribution is 7.99. The van der Waals surface area contributed by atoms with Crippen molar-refractivity contribution in [2.75, 3.05) is 11.6 Å². The zero-order valence-corrected chi connectivity index (χ0v) is 15.0. The van der Waals surface area contributed by atoms with Crippen molar-refractivity contribution in [1.82, 2.24) is 20.2 Å². The first kappa shape index (κ1) is 17.9. The molecule has 0 saturated heterocycles. The summed E-state index contributed by atoms with van der Waals surface area (Å²) in [5, 5.41) is 11.2. The van der Waals surface area contributed by atoms with Crippen molar-refractivity contribution in [2.45, 2.75) is 18.6 Å². The summed E-state index contributed by atoms with van der Waals surface area (Å²) in [4.78, 5) is 12.0. The first-order chi connectivity index (χ1) is 12.5. The number of nitrogen functional groups attached to an aromatic ring is 1. The van der Waals surface area contributed by atoms with Crippen LogP contribution < -0.4 is 11.2 Å².